The minimum Gasteiger partial charge on any atom is -0.543 e. The van der Waals surface area contributed by atoms with Crippen LogP contribution in [-0.2, 0) is 14.0 Å². The van der Waals surface area contributed by atoms with E-state index in [9.17, 15) is 0 Å². The molecule has 0 unspecified atom stereocenters. The Labute approximate surface area is 96.9 Å². The van der Waals surface area contributed by atoms with Gasteiger partial charge < -0.3 is 14.0 Å². The molecule has 1 aromatic rings. The summed E-state index contributed by atoms with van der Waals surface area (Å²) in [5.74, 6) is 0. The Morgan fingerprint density at radius 2 is 1.29 bits per heavy atom. The van der Waals surface area contributed by atoms with Gasteiger partial charge in [-0.1, -0.05) is 30.3 Å². The van der Waals surface area contributed by atoms with Gasteiger partial charge in [0.15, 0.2) is 0 Å². The van der Waals surface area contributed by atoms with E-state index in [1.165, 1.54) is 0 Å². The third-order valence-electron chi connectivity index (χ3n) is 2.14. The van der Waals surface area contributed by atoms with Crippen molar-refractivity contribution in [1.29, 1.82) is 0 Å². The molecule has 14 heavy (non-hydrogen) atoms. The first-order chi connectivity index (χ1) is 6.29. The molecule has 0 aliphatic rings. The standard InChI is InChI=1S/C9H14BO3.Li/c1-11-10(12-2,13-3)9-7-5-4-6-8-9;/h4-8H,1-3H3;/q-1;+1. The number of rotatable bonds is 4. The molecule has 0 amide bonds. The van der Waals surface area contributed by atoms with Gasteiger partial charge in [0.25, 0.3) is 0 Å². The van der Waals surface area contributed by atoms with Crippen LogP contribution >= 0.6 is 0 Å². The van der Waals surface area contributed by atoms with Gasteiger partial charge in [-0.2, -0.15) is 0 Å². The Morgan fingerprint density at radius 1 is 0.857 bits per heavy atom. The summed E-state index contributed by atoms with van der Waals surface area (Å²) >= 11 is 0. The van der Waals surface area contributed by atoms with Gasteiger partial charge in [-0.25, -0.2) is 0 Å². The van der Waals surface area contributed by atoms with Crippen LogP contribution in [0.2, 0.25) is 0 Å². The summed E-state index contributed by atoms with van der Waals surface area (Å²) in [4.78, 5) is 0. The van der Waals surface area contributed by atoms with Crippen molar-refractivity contribution in [3.05, 3.63) is 30.3 Å². The molecular formula is C9H14BLiO3. The van der Waals surface area contributed by atoms with E-state index >= 15 is 0 Å². The van der Waals surface area contributed by atoms with Gasteiger partial charge in [-0.15, -0.1) is 5.46 Å². The Kier molecular flexibility index (Phi) is 6.18. The van der Waals surface area contributed by atoms with Crippen molar-refractivity contribution in [2.24, 2.45) is 0 Å². The Hall–Kier alpha value is -0.238. The largest absolute Gasteiger partial charge is 1.00 e. The van der Waals surface area contributed by atoms with E-state index in [2.05, 4.69) is 0 Å². The zero-order valence-corrected chi connectivity index (χ0v) is 9.19. The molecule has 1 rings (SSSR count). The maximum atomic E-state index is 5.24. The first-order valence-corrected chi connectivity index (χ1v) is 4.13. The van der Waals surface area contributed by atoms with E-state index in [1.807, 2.05) is 30.3 Å². The van der Waals surface area contributed by atoms with Crippen molar-refractivity contribution >= 4 is 12.2 Å². The van der Waals surface area contributed by atoms with Crippen LogP contribution in [0.3, 0.4) is 0 Å². The molecule has 0 atom stereocenters. The quantitative estimate of drug-likeness (QED) is 0.500. The molecule has 0 bridgehead atoms. The molecule has 3 nitrogen and oxygen atoms in total. The minimum atomic E-state index is -1.76. The van der Waals surface area contributed by atoms with E-state index in [4.69, 9.17) is 14.0 Å². The van der Waals surface area contributed by atoms with E-state index < -0.39 is 6.75 Å². The second-order valence-corrected chi connectivity index (χ2v) is 2.76. The zero-order valence-electron chi connectivity index (χ0n) is 9.19. The molecule has 0 aromatic heterocycles. The Balaban J connectivity index is 0.00000169. The third-order valence-corrected chi connectivity index (χ3v) is 2.14. The third kappa shape index (κ3) is 2.63. The number of hydrogen-bond acceptors (Lipinski definition) is 3. The first kappa shape index (κ1) is 13.8. The second kappa shape index (κ2) is 6.28. The van der Waals surface area contributed by atoms with Crippen LogP contribution < -0.4 is 24.3 Å². The first-order valence-electron chi connectivity index (χ1n) is 4.13. The van der Waals surface area contributed by atoms with Crippen molar-refractivity contribution in [3.63, 3.8) is 0 Å². The molecule has 0 saturated carbocycles. The van der Waals surface area contributed by atoms with E-state index in [0.717, 1.165) is 5.46 Å². The van der Waals surface area contributed by atoms with Crippen molar-refractivity contribution in [2.75, 3.05) is 21.3 Å². The molecule has 1 aromatic carbocycles. The average molecular weight is 188 g/mol. The summed E-state index contributed by atoms with van der Waals surface area (Å²) in [5.41, 5.74) is 0.898. The van der Waals surface area contributed by atoms with Crippen LogP contribution in [0, 0.1) is 0 Å². The predicted octanol–water partition coefficient (Wildman–Crippen LogP) is -2.22. The molecule has 0 N–H and O–H groups in total. The van der Waals surface area contributed by atoms with Crippen LogP contribution in [0.5, 0.6) is 0 Å². The van der Waals surface area contributed by atoms with Crippen molar-refractivity contribution in [1.82, 2.24) is 0 Å². The topological polar surface area (TPSA) is 27.7 Å². The molecule has 0 fully saturated rings. The number of benzene rings is 1. The molecule has 5 heteroatoms. The molecule has 0 aliphatic carbocycles. The van der Waals surface area contributed by atoms with Gasteiger partial charge in [0.1, 0.15) is 0 Å². The summed E-state index contributed by atoms with van der Waals surface area (Å²) in [7, 11) is 4.71. The zero-order chi connectivity index (χ0) is 9.73. The van der Waals surface area contributed by atoms with Crippen molar-refractivity contribution in [2.45, 2.75) is 0 Å². The van der Waals surface area contributed by atoms with Crippen LogP contribution in [0.4, 0.5) is 0 Å². The molecule has 0 saturated heterocycles. The molecule has 0 aliphatic heterocycles. The molecule has 0 heterocycles. The molecular weight excluding hydrogens is 174 g/mol. The fourth-order valence-corrected chi connectivity index (χ4v) is 1.39. The summed E-state index contributed by atoms with van der Waals surface area (Å²) in [5, 5.41) is 0. The minimum absolute atomic E-state index is 0. The van der Waals surface area contributed by atoms with Gasteiger partial charge in [0.2, 0.25) is 0 Å². The SMILES string of the molecule is CO[B-](OC)(OC)c1ccccc1.[Li+]. The summed E-state index contributed by atoms with van der Waals surface area (Å²) < 4.78 is 15.7. The van der Waals surface area contributed by atoms with Crippen LogP contribution in [-0.4, -0.2) is 28.1 Å². The van der Waals surface area contributed by atoms with Crippen LogP contribution in [0.15, 0.2) is 30.3 Å². The van der Waals surface area contributed by atoms with Crippen molar-refractivity contribution < 1.29 is 32.8 Å². The molecule has 0 radical (unpaired) electrons. The maximum Gasteiger partial charge on any atom is 1.00 e. The Morgan fingerprint density at radius 3 is 1.64 bits per heavy atom. The fourth-order valence-electron chi connectivity index (χ4n) is 1.39. The van der Waals surface area contributed by atoms with E-state index in [1.54, 1.807) is 21.3 Å². The summed E-state index contributed by atoms with van der Waals surface area (Å²) in [6.07, 6.45) is 0. The summed E-state index contributed by atoms with van der Waals surface area (Å²) in [6.45, 7) is -1.76. The smallest absolute Gasteiger partial charge is 0.543 e. The van der Waals surface area contributed by atoms with Crippen molar-refractivity contribution in [3.8, 4) is 0 Å². The Bertz CT molecular complexity index is 243. The van der Waals surface area contributed by atoms with E-state index in [-0.39, 0.29) is 18.9 Å². The monoisotopic (exact) mass is 188 g/mol. The van der Waals surface area contributed by atoms with Crippen LogP contribution in [0.25, 0.3) is 0 Å². The number of hydrogen-bond donors (Lipinski definition) is 0. The van der Waals surface area contributed by atoms with E-state index in [0.29, 0.717) is 0 Å². The maximum absolute atomic E-state index is 5.24. The molecule has 0 spiro atoms. The van der Waals surface area contributed by atoms with Gasteiger partial charge in [-0.05, 0) is 21.3 Å². The second-order valence-electron chi connectivity index (χ2n) is 2.76. The predicted molar refractivity (Wildman–Crippen MR) is 52.9 cm³/mol. The van der Waals surface area contributed by atoms with Gasteiger partial charge in [0.05, 0.1) is 0 Å². The van der Waals surface area contributed by atoms with Gasteiger partial charge in [-0.3, -0.25) is 0 Å². The summed E-state index contributed by atoms with van der Waals surface area (Å²) in [6, 6.07) is 9.60. The van der Waals surface area contributed by atoms with Crippen LogP contribution in [0.1, 0.15) is 0 Å². The average Bonchev–Trinajstić information content (AvgIpc) is 2.23. The van der Waals surface area contributed by atoms with Gasteiger partial charge >= 0.3 is 25.6 Å². The fraction of sp³-hybridized carbons (Fsp3) is 0.333. The molecule has 72 valence electrons. The van der Waals surface area contributed by atoms with Gasteiger partial charge in [0, 0.05) is 0 Å². The normalized spacial score (nSPS) is 10.8.